The van der Waals surface area contributed by atoms with Gasteiger partial charge in [-0.05, 0) is 48.7 Å². The molecule has 0 spiro atoms. The smallest absolute Gasteiger partial charge is 0.257 e. The Balaban J connectivity index is 1.72. The number of nitrogens with zero attached hydrogens (tertiary/aromatic N) is 2. The zero-order valence-corrected chi connectivity index (χ0v) is 18.3. The number of guanidine groups is 1. The molecule has 2 aromatic rings. The summed E-state index contributed by atoms with van der Waals surface area (Å²) in [5, 5.41) is 6.82. The van der Waals surface area contributed by atoms with Crippen molar-refractivity contribution >= 4 is 29.2 Å². The highest BCUT2D eigenvalue weighted by Crippen LogP contribution is 2.22. The first-order valence-electron chi connectivity index (χ1n) is 10.3. The molecule has 1 amide bonds. The average molecular weight is 429 g/mol. The summed E-state index contributed by atoms with van der Waals surface area (Å²) in [6.07, 6.45) is 0.936. The van der Waals surface area contributed by atoms with Crippen molar-refractivity contribution in [3.05, 3.63) is 64.2 Å². The summed E-state index contributed by atoms with van der Waals surface area (Å²) < 4.78 is 5.39. The van der Waals surface area contributed by atoms with Gasteiger partial charge in [0.05, 0.1) is 19.8 Å². The number of anilines is 1. The molecule has 0 aliphatic carbocycles. The van der Waals surface area contributed by atoms with Gasteiger partial charge in [0.1, 0.15) is 0 Å². The zero-order valence-electron chi connectivity index (χ0n) is 17.6. The Hall–Kier alpha value is -2.41. The van der Waals surface area contributed by atoms with Crippen LogP contribution in [0.1, 0.15) is 28.4 Å². The van der Waals surface area contributed by atoms with E-state index in [1.807, 2.05) is 49.4 Å². The second-order valence-corrected chi connectivity index (χ2v) is 7.63. The number of hydrogen-bond donors (Lipinski definition) is 2. The number of nitrogens with one attached hydrogen (secondary N) is 2. The number of hydrogen-bond acceptors (Lipinski definition) is 4. The van der Waals surface area contributed by atoms with Crippen LogP contribution in [0.25, 0.3) is 0 Å². The lowest BCUT2D eigenvalue weighted by atomic mass is 10.1. The summed E-state index contributed by atoms with van der Waals surface area (Å²) in [5.74, 6) is 0.216. The van der Waals surface area contributed by atoms with E-state index < -0.39 is 0 Å². The molecule has 6 nitrogen and oxygen atoms in total. The third-order valence-electron chi connectivity index (χ3n) is 5.17. The number of carbonyl (C=O) groups is 1. The molecule has 0 aromatic heterocycles. The van der Waals surface area contributed by atoms with Crippen LogP contribution in [0.15, 0.2) is 47.5 Å². The van der Waals surface area contributed by atoms with E-state index in [0.717, 1.165) is 50.5 Å². The molecular weight excluding hydrogens is 400 g/mol. The van der Waals surface area contributed by atoms with Crippen molar-refractivity contribution in [1.82, 2.24) is 10.2 Å². The van der Waals surface area contributed by atoms with Crippen LogP contribution in [0, 0.1) is 6.92 Å². The zero-order chi connectivity index (χ0) is 21.3. The summed E-state index contributed by atoms with van der Waals surface area (Å²) in [5.41, 5.74) is 3.51. The number of halogens is 1. The molecule has 2 aromatic carbocycles. The standard InChI is InChI=1S/C23H29ClN4O2/c1-3-18-7-9-19(10-8-18)22(29)27-23(25-11-12-28-13-15-30-16-14-28)26-21-6-4-5-20(24)17(21)2/h4-10H,3,11-16H2,1-2H3,(H2,25,26,27,29). The summed E-state index contributed by atoms with van der Waals surface area (Å²) >= 11 is 6.25. The monoisotopic (exact) mass is 428 g/mol. The van der Waals surface area contributed by atoms with Crippen LogP contribution in [0.2, 0.25) is 5.02 Å². The minimum absolute atomic E-state index is 0.199. The van der Waals surface area contributed by atoms with Crippen LogP contribution in [0.5, 0.6) is 0 Å². The lowest BCUT2D eigenvalue weighted by molar-refractivity contribution is 0.0394. The van der Waals surface area contributed by atoms with E-state index in [0.29, 0.717) is 23.1 Å². The molecule has 0 radical (unpaired) electrons. The summed E-state index contributed by atoms with van der Waals surface area (Å²) in [6.45, 7) is 8.71. The summed E-state index contributed by atoms with van der Waals surface area (Å²) in [7, 11) is 0. The van der Waals surface area contributed by atoms with Gasteiger partial charge in [-0.3, -0.25) is 20.0 Å². The third kappa shape index (κ3) is 6.29. The van der Waals surface area contributed by atoms with Crippen molar-refractivity contribution in [2.24, 2.45) is 4.99 Å². The van der Waals surface area contributed by atoms with Crippen molar-refractivity contribution in [2.75, 3.05) is 44.7 Å². The number of ether oxygens (including phenoxy) is 1. The lowest BCUT2D eigenvalue weighted by Crippen LogP contribution is -2.39. The average Bonchev–Trinajstić information content (AvgIpc) is 2.77. The minimum atomic E-state index is -0.199. The van der Waals surface area contributed by atoms with E-state index in [2.05, 4.69) is 27.4 Å². The fourth-order valence-corrected chi connectivity index (χ4v) is 3.35. The van der Waals surface area contributed by atoms with Gasteiger partial charge in [-0.15, -0.1) is 0 Å². The van der Waals surface area contributed by atoms with Crippen LogP contribution >= 0.6 is 11.6 Å². The van der Waals surface area contributed by atoms with Gasteiger partial charge in [0, 0.05) is 35.9 Å². The largest absolute Gasteiger partial charge is 0.379 e. The fraction of sp³-hybridized carbons (Fsp3) is 0.391. The molecule has 0 unspecified atom stereocenters. The van der Waals surface area contributed by atoms with Crippen LogP contribution in [0.3, 0.4) is 0 Å². The third-order valence-corrected chi connectivity index (χ3v) is 5.58. The number of rotatable bonds is 6. The Bertz CT molecular complexity index is 877. The predicted molar refractivity (Wildman–Crippen MR) is 123 cm³/mol. The van der Waals surface area contributed by atoms with Gasteiger partial charge in [-0.25, -0.2) is 0 Å². The maximum absolute atomic E-state index is 12.8. The molecule has 1 heterocycles. The maximum atomic E-state index is 12.8. The second kappa shape index (κ2) is 11.1. The maximum Gasteiger partial charge on any atom is 0.257 e. The van der Waals surface area contributed by atoms with E-state index in [-0.39, 0.29) is 5.91 Å². The van der Waals surface area contributed by atoms with Crippen molar-refractivity contribution in [3.63, 3.8) is 0 Å². The van der Waals surface area contributed by atoms with E-state index in [1.165, 1.54) is 5.56 Å². The van der Waals surface area contributed by atoms with Gasteiger partial charge in [0.25, 0.3) is 5.91 Å². The topological polar surface area (TPSA) is 66.0 Å². The first-order chi connectivity index (χ1) is 14.6. The van der Waals surface area contributed by atoms with Crippen molar-refractivity contribution in [2.45, 2.75) is 20.3 Å². The van der Waals surface area contributed by atoms with E-state index in [4.69, 9.17) is 16.3 Å². The van der Waals surface area contributed by atoms with Gasteiger partial charge in [-0.1, -0.05) is 36.7 Å². The molecule has 1 aliphatic heterocycles. The van der Waals surface area contributed by atoms with Crippen LogP contribution in [0.4, 0.5) is 5.69 Å². The molecule has 3 rings (SSSR count). The Kier molecular flexibility index (Phi) is 8.25. The molecule has 0 saturated carbocycles. The number of amides is 1. The summed E-state index contributed by atoms with van der Waals surface area (Å²) in [6, 6.07) is 13.2. The van der Waals surface area contributed by atoms with Crippen molar-refractivity contribution in [3.8, 4) is 0 Å². The number of benzene rings is 2. The molecule has 1 fully saturated rings. The predicted octanol–water partition coefficient (Wildman–Crippen LogP) is 3.74. The quantitative estimate of drug-likeness (QED) is 0.543. The SMILES string of the molecule is CCc1ccc(C(=O)NC(=NCCN2CCOCC2)Nc2cccc(Cl)c2C)cc1. The fourth-order valence-electron chi connectivity index (χ4n) is 3.18. The molecule has 0 atom stereocenters. The van der Waals surface area contributed by atoms with Gasteiger partial charge in [0.2, 0.25) is 5.96 Å². The molecule has 30 heavy (non-hydrogen) atoms. The van der Waals surface area contributed by atoms with Crippen molar-refractivity contribution in [1.29, 1.82) is 0 Å². The molecule has 2 N–H and O–H groups in total. The first-order valence-corrected chi connectivity index (χ1v) is 10.7. The Morgan fingerprint density at radius 1 is 1.17 bits per heavy atom. The Labute approximate surface area is 183 Å². The van der Waals surface area contributed by atoms with Crippen LogP contribution in [-0.4, -0.2) is 56.2 Å². The number of morpholine rings is 1. The van der Waals surface area contributed by atoms with Gasteiger partial charge >= 0.3 is 0 Å². The van der Waals surface area contributed by atoms with E-state index in [9.17, 15) is 4.79 Å². The summed E-state index contributed by atoms with van der Waals surface area (Å²) in [4.78, 5) is 19.7. The molecule has 160 valence electrons. The van der Waals surface area contributed by atoms with Crippen LogP contribution < -0.4 is 10.6 Å². The van der Waals surface area contributed by atoms with Gasteiger partial charge in [0.15, 0.2) is 0 Å². The Morgan fingerprint density at radius 2 is 1.90 bits per heavy atom. The lowest BCUT2D eigenvalue weighted by Gasteiger charge is -2.25. The number of aliphatic imine (C=N–C) groups is 1. The highest BCUT2D eigenvalue weighted by molar-refractivity contribution is 6.31. The molecular formula is C23H29ClN4O2. The molecule has 1 aliphatic rings. The number of aryl methyl sites for hydroxylation is 1. The Morgan fingerprint density at radius 3 is 2.60 bits per heavy atom. The van der Waals surface area contributed by atoms with Gasteiger partial charge in [-0.2, -0.15) is 0 Å². The normalized spacial score (nSPS) is 15.1. The van der Waals surface area contributed by atoms with Crippen molar-refractivity contribution < 1.29 is 9.53 Å². The molecule has 0 bridgehead atoms. The van der Waals surface area contributed by atoms with Crippen LogP contribution in [-0.2, 0) is 11.2 Å². The van der Waals surface area contributed by atoms with Gasteiger partial charge < -0.3 is 10.1 Å². The first kappa shape index (κ1) is 22.3. The minimum Gasteiger partial charge on any atom is -0.379 e. The molecule has 7 heteroatoms. The van der Waals surface area contributed by atoms with E-state index >= 15 is 0 Å². The second-order valence-electron chi connectivity index (χ2n) is 7.23. The highest BCUT2D eigenvalue weighted by atomic mass is 35.5. The number of carbonyl (C=O) groups excluding carboxylic acids is 1. The highest BCUT2D eigenvalue weighted by Gasteiger charge is 2.13. The molecule has 1 saturated heterocycles. The van der Waals surface area contributed by atoms with E-state index in [1.54, 1.807) is 0 Å².